The summed E-state index contributed by atoms with van der Waals surface area (Å²) in [4.78, 5) is 32.0. The number of carbonyl (C=O) groups excluding carboxylic acids is 2. The van der Waals surface area contributed by atoms with Crippen molar-refractivity contribution in [2.24, 2.45) is 5.41 Å². The maximum atomic E-state index is 12.6. The van der Waals surface area contributed by atoms with Crippen LogP contribution in [0.25, 0.3) is 0 Å². The molecule has 5 heteroatoms. The molecule has 0 spiro atoms. The maximum Gasteiger partial charge on any atom is 0.228 e. The largest absolute Gasteiger partial charge is 0.362 e. The van der Waals surface area contributed by atoms with E-state index < -0.39 is 0 Å². The third-order valence-corrected chi connectivity index (χ3v) is 4.38. The monoisotopic (exact) mass is 319 g/mol. The number of rotatable bonds is 2. The Kier molecular flexibility index (Phi) is 5.17. The third kappa shape index (κ3) is 4.36. The summed E-state index contributed by atoms with van der Waals surface area (Å²) in [6, 6.07) is 2.04. The van der Waals surface area contributed by atoms with E-state index in [1.807, 2.05) is 50.5 Å². The predicted molar refractivity (Wildman–Crippen MR) is 91.2 cm³/mol. The molecular weight excluding hydrogens is 290 g/mol. The molecule has 0 unspecified atom stereocenters. The van der Waals surface area contributed by atoms with Crippen LogP contribution >= 0.6 is 0 Å². The van der Waals surface area contributed by atoms with Gasteiger partial charge in [-0.25, -0.2) is 0 Å². The van der Waals surface area contributed by atoms with Crippen molar-refractivity contribution in [3.63, 3.8) is 0 Å². The topological polar surface area (TPSA) is 56.4 Å². The summed E-state index contributed by atoms with van der Waals surface area (Å²) in [5.74, 6) is 0.320. The van der Waals surface area contributed by atoms with Crippen molar-refractivity contribution in [3.8, 4) is 0 Å². The molecule has 5 nitrogen and oxygen atoms in total. The van der Waals surface area contributed by atoms with Gasteiger partial charge in [-0.1, -0.05) is 20.8 Å². The lowest BCUT2D eigenvalue weighted by Crippen LogP contribution is -2.42. The number of hydrogen-bond acceptors (Lipinski definition) is 2. The molecule has 0 saturated carbocycles. The Labute approximate surface area is 139 Å². The molecule has 2 heterocycles. The van der Waals surface area contributed by atoms with Gasteiger partial charge in [-0.05, 0) is 31.9 Å². The fourth-order valence-electron chi connectivity index (χ4n) is 3.08. The summed E-state index contributed by atoms with van der Waals surface area (Å²) in [5, 5.41) is 0. The predicted octanol–water partition coefficient (Wildman–Crippen LogP) is 2.28. The number of carbonyl (C=O) groups is 2. The van der Waals surface area contributed by atoms with Crippen LogP contribution in [0.3, 0.4) is 0 Å². The molecule has 1 N–H and O–H groups in total. The van der Waals surface area contributed by atoms with Crippen LogP contribution in [0.4, 0.5) is 0 Å². The van der Waals surface area contributed by atoms with Crippen LogP contribution in [0.1, 0.15) is 44.1 Å². The van der Waals surface area contributed by atoms with Crippen LogP contribution in [0.15, 0.2) is 6.07 Å². The van der Waals surface area contributed by atoms with Gasteiger partial charge in [0.15, 0.2) is 0 Å². The maximum absolute atomic E-state index is 12.6. The Morgan fingerprint density at radius 3 is 2.26 bits per heavy atom. The molecule has 2 amide bonds. The van der Waals surface area contributed by atoms with Gasteiger partial charge in [0.2, 0.25) is 11.8 Å². The van der Waals surface area contributed by atoms with Crippen molar-refractivity contribution >= 4 is 11.8 Å². The Morgan fingerprint density at radius 2 is 1.70 bits per heavy atom. The highest BCUT2D eigenvalue weighted by molar-refractivity contribution is 5.82. The first-order chi connectivity index (χ1) is 10.7. The van der Waals surface area contributed by atoms with Gasteiger partial charge < -0.3 is 14.8 Å². The van der Waals surface area contributed by atoms with Crippen LogP contribution in [-0.2, 0) is 16.0 Å². The summed E-state index contributed by atoms with van der Waals surface area (Å²) in [6.07, 6.45) is 1.28. The standard InChI is InChI=1S/C18H29N3O2/c1-13-11-15(14(2)19-13)12-16(22)20-7-6-8-21(10-9-20)17(23)18(3,4)5/h11,19H,6-10,12H2,1-5H3. The number of nitrogens with zero attached hydrogens (tertiary/aromatic N) is 2. The van der Waals surface area contributed by atoms with E-state index in [4.69, 9.17) is 0 Å². The molecule has 1 fully saturated rings. The molecule has 0 aromatic carbocycles. The molecule has 1 aromatic heterocycles. The lowest BCUT2D eigenvalue weighted by molar-refractivity contribution is -0.139. The van der Waals surface area contributed by atoms with Gasteiger partial charge in [0.25, 0.3) is 0 Å². The van der Waals surface area contributed by atoms with Gasteiger partial charge in [-0.3, -0.25) is 9.59 Å². The first kappa shape index (κ1) is 17.6. The van der Waals surface area contributed by atoms with Crippen molar-refractivity contribution in [2.75, 3.05) is 26.2 Å². The summed E-state index contributed by atoms with van der Waals surface area (Å²) in [6.45, 7) is 12.6. The average molecular weight is 319 g/mol. The zero-order chi connectivity index (χ0) is 17.2. The Bertz CT molecular complexity index is 584. The van der Waals surface area contributed by atoms with E-state index in [1.165, 1.54) is 0 Å². The SMILES string of the molecule is Cc1cc(CC(=O)N2CCCN(C(=O)C(C)(C)C)CC2)c(C)[nH]1. The quantitative estimate of drug-likeness (QED) is 0.909. The summed E-state index contributed by atoms with van der Waals surface area (Å²) in [7, 11) is 0. The molecule has 128 valence electrons. The van der Waals surface area contributed by atoms with Crippen molar-refractivity contribution in [3.05, 3.63) is 23.0 Å². The van der Waals surface area contributed by atoms with E-state index in [2.05, 4.69) is 4.98 Å². The van der Waals surface area contributed by atoms with E-state index in [0.29, 0.717) is 19.5 Å². The summed E-state index contributed by atoms with van der Waals surface area (Å²) < 4.78 is 0. The van der Waals surface area contributed by atoms with Gasteiger partial charge >= 0.3 is 0 Å². The highest BCUT2D eigenvalue weighted by atomic mass is 16.2. The Morgan fingerprint density at radius 1 is 1.09 bits per heavy atom. The number of H-pyrrole nitrogens is 1. The number of nitrogens with one attached hydrogen (secondary N) is 1. The van der Waals surface area contributed by atoms with Gasteiger partial charge in [-0.2, -0.15) is 0 Å². The van der Waals surface area contributed by atoms with Crippen LogP contribution in [0.5, 0.6) is 0 Å². The van der Waals surface area contributed by atoms with Crippen molar-refractivity contribution < 1.29 is 9.59 Å². The third-order valence-electron chi connectivity index (χ3n) is 4.38. The summed E-state index contributed by atoms with van der Waals surface area (Å²) >= 11 is 0. The van der Waals surface area contributed by atoms with E-state index >= 15 is 0 Å². The van der Waals surface area contributed by atoms with Crippen molar-refractivity contribution in [1.82, 2.24) is 14.8 Å². The molecule has 23 heavy (non-hydrogen) atoms. The lowest BCUT2D eigenvalue weighted by atomic mass is 9.94. The lowest BCUT2D eigenvalue weighted by Gasteiger charge is -2.28. The average Bonchev–Trinajstić information content (AvgIpc) is 2.67. The minimum absolute atomic E-state index is 0.150. The molecule has 2 rings (SSSR count). The zero-order valence-electron chi connectivity index (χ0n) is 15.0. The normalized spacial score (nSPS) is 16.4. The van der Waals surface area contributed by atoms with E-state index in [9.17, 15) is 9.59 Å². The van der Waals surface area contributed by atoms with Crippen LogP contribution in [0, 0.1) is 19.3 Å². The first-order valence-corrected chi connectivity index (χ1v) is 8.40. The summed E-state index contributed by atoms with van der Waals surface area (Å²) in [5.41, 5.74) is 2.86. The number of aryl methyl sites for hydroxylation is 2. The number of aromatic amines is 1. The first-order valence-electron chi connectivity index (χ1n) is 8.40. The second-order valence-corrected chi connectivity index (χ2v) is 7.56. The fraction of sp³-hybridized carbons (Fsp3) is 0.667. The smallest absolute Gasteiger partial charge is 0.228 e. The van der Waals surface area contributed by atoms with Gasteiger partial charge in [0.1, 0.15) is 0 Å². The van der Waals surface area contributed by atoms with E-state index in [1.54, 1.807) is 0 Å². The molecular formula is C18H29N3O2. The molecule has 0 atom stereocenters. The molecule has 1 aliphatic rings. The van der Waals surface area contributed by atoms with Gasteiger partial charge in [-0.15, -0.1) is 0 Å². The number of hydrogen-bond donors (Lipinski definition) is 1. The fourth-order valence-corrected chi connectivity index (χ4v) is 3.08. The second-order valence-electron chi connectivity index (χ2n) is 7.56. The highest BCUT2D eigenvalue weighted by Gasteiger charge is 2.29. The molecule has 1 aromatic rings. The molecule has 0 aliphatic carbocycles. The van der Waals surface area contributed by atoms with Crippen LogP contribution in [-0.4, -0.2) is 52.8 Å². The van der Waals surface area contributed by atoms with E-state index in [0.717, 1.165) is 36.5 Å². The minimum atomic E-state index is -0.362. The minimum Gasteiger partial charge on any atom is -0.362 e. The van der Waals surface area contributed by atoms with Gasteiger partial charge in [0.05, 0.1) is 6.42 Å². The molecule has 1 aliphatic heterocycles. The Hall–Kier alpha value is -1.78. The number of amides is 2. The van der Waals surface area contributed by atoms with Crippen LogP contribution in [0.2, 0.25) is 0 Å². The highest BCUT2D eigenvalue weighted by Crippen LogP contribution is 2.19. The number of aromatic nitrogens is 1. The van der Waals surface area contributed by atoms with Crippen molar-refractivity contribution in [2.45, 2.75) is 47.5 Å². The molecule has 1 saturated heterocycles. The second kappa shape index (κ2) is 6.77. The van der Waals surface area contributed by atoms with Gasteiger partial charge in [0, 0.05) is 43.0 Å². The van der Waals surface area contributed by atoms with Crippen LogP contribution < -0.4 is 0 Å². The van der Waals surface area contributed by atoms with Crippen molar-refractivity contribution in [1.29, 1.82) is 0 Å². The molecule has 0 radical (unpaired) electrons. The Balaban J connectivity index is 1.96. The zero-order valence-corrected chi connectivity index (χ0v) is 15.0. The van der Waals surface area contributed by atoms with E-state index in [-0.39, 0.29) is 17.2 Å². The molecule has 0 bridgehead atoms.